The summed E-state index contributed by atoms with van der Waals surface area (Å²) in [5.74, 6) is 1.19. The summed E-state index contributed by atoms with van der Waals surface area (Å²) in [6.45, 7) is 6.75. The molecule has 0 aromatic rings. The molecule has 11 heavy (non-hydrogen) atoms. The van der Waals surface area contributed by atoms with Crippen LogP contribution in [-0.2, 0) is 4.79 Å². The van der Waals surface area contributed by atoms with Crippen molar-refractivity contribution >= 4 is 5.78 Å². The van der Waals surface area contributed by atoms with Crippen LogP contribution in [0.4, 0.5) is 0 Å². The third-order valence-electron chi connectivity index (χ3n) is 4.03. The molecular weight excluding hydrogens is 136 g/mol. The van der Waals surface area contributed by atoms with Crippen LogP contribution < -0.4 is 0 Å². The molecule has 0 amide bonds. The van der Waals surface area contributed by atoms with Gasteiger partial charge in [-0.05, 0) is 24.2 Å². The van der Waals surface area contributed by atoms with Gasteiger partial charge in [-0.25, -0.2) is 0 Å². The minimum atomic E-state index is 0.0868. The van der Waals surface area contributed by atoms with Crippen molar-refractivity contribution < 1.29 is 4.79 Å². The van der Waals surface area contributed by atoms with Gasteiger partial charge in [-0.2, -0.15) is 0 Å². The number of hydrogen-bond donors (Lipinski definition) is 0. The molecule has 1 nitrogen and oxygen atoms in total. The van der Waals surface area contributed by atoms with E-state index in [2.05, 4.69) is 20.8 Å². The molecular formula is C10H16O. The quantitative estimate of drug-likeness (QED) is 0.521. The lowest BCUT2D eigenvalue weighted by Crippen LogP contribution is -2.48. The molecule has 0 aromatic carbocycles. The molecule has 2 saturated carbocycles. The molecule has 2 rings (SSSR count). The lowest BCUT2D eigenvalue weighted by Gasteiger charge is -2.45. The Morgan fingerprint density at radius 2 is 1.91 bits per heavy atom. The van der Waals surface area contributed by atoms with Gasteiger partial charge >= 0.3 is 0 Å². The summed E-state index contributed by atoms with van der Waals surface area (Å²) in [7, 11) is 0. The monoisotopic (exact) mass is 152 g/mol. The summed E-state index contributed by atoms with van der Waals surface area (Å²) in [4.78, 5) is 11.3. The van der Waals surface area contributed by atoms with Gasteiger partial charge in [-0.3, -0.25) is 4.79 Å². The standard InChI is InChI=1S/C10H16O/c1-9(2)4-5-10(3)7(9)6-8(10)11/h7H,4-6H2,1-3H3/t7-,10+/m0/s1. The van der Waals surface area contributed by atoms with Crippen molar-refractivity contribution in [3.63, 3.8) is 0 Å². The number of ketones is 1. The zero-order chi connectivity index (χ0) is 8.28. The van der Waals surface area contributed by atoms with Gasteiger partial charge in [0.05, 0.1) is 0 Å². The zero-order valence-corrected chi connectivity index (χ0v) is 7.61. The van der Waals surface area contributed by atoms with Gasteiger partial charge in [0.2, 0.25) is 0 Å². The predicted octanol–water partition coefficient (Wildman–Crippen LogP) is 2.40. The van der Waals surface area contributed by atoms with E-state index in [-0.39, 0.29) is 5.41 Å². The topological polar surface area (TPSA) is 17.1 Å². The number of fused-ring (bicyclic) bond motifs is 1. The van der Waals surface area contributed by atoms with Crippen molar-refractivity contribution in [3.8, 4) is 0 Å². The first-order valence-electron chi connectivity index (χ1n) is 4.50. The van der Waals surface area contributed by atoms with Crippen LogP contribution in [-0.4, -0.2) is 5.78 Å². The maximum atomic E-state index is 11.3. The fraction of sp³-hybridized carbons (Fsp3) is 0.900. The lowest BCUT2D eigenvalue weighted by molar-refractivity contribution is -0.145. The van der Waals surface area contributed by atoms with Crippen LogP contribution in [0.3, 0.4) is 0 Å². The van der Waals surface area contributed by atoms with Gasteiger partial charge in [-0.15, -0.1) is 0 Å². The molecule has 0 aromatic heterocycles. The van der Waals surface area contributed by atoms with E-state index in [0.717, 1.165) is 12.8 Å². The third-order valence-corrected chi connectivity index (χ3v) is 4.03. The van der Waals surface area contributed by atoms with E-state index in [0.29, 0.717) is 17.1 Å². The number of carbonyl (C=O) groups excluding carboxylic acids is 1. The second-order valence-electron chi connectivity index (χ2n) is 5.09. The van der Waals surface area contributed by atoms with Crippen LogP contribution in [0.25, 0.3) is 0 Å². The molecule has 0 bridgehead atoms. The zero-order valence-electron chi connectivity index (χ0n) is 7.61. The van der Waals surface area contributed by atoms with E-state index in [1.54, 1.807) is 0 Å². The molecule has 2 atom stereocenters. The van der Waals surface area contributed by atoms with Crippen LogP contribution in [0.1, 0.15) is 40.0 Å². The molecule has 0 heterocycles. The summed E-state index contributed by atoms with van der Waals surface area (Å²) in [5.41, 5.74) is 0.520. The maximum absolute atomic E-state index is 11.3. The Bertz CT molecular complexity index is 217. The van der Waals surface area contributed by atoms with Crippen molar-refractivity contribution in [2.45, 2.75) is 40.0 Å². The molecule has 0 spiro atoms. The van der Waals surface area contributed by atoms with Crippen LogP contribution in [0, 0.1) is 16.7 Å². The van der Waals surface area contributed by atoms with E-state index in [1.807, 2.05) is 0 Å². The Balaban J connectivity index is 2.29. The molecule has 0 saturated heterocycles. The predicted molar refractivity (Wildman–Crippen MR) is 44.2 cm³/mol. The van der Waals surface area contributed by atoms with E-state index in [9.17, 15) is 4.79 Å². The molecule has 2 fully saturated rings. The maximum Gasteiger partial charge on any atom is 0.139 e. The fourth-order valence-corrected chi connectivity index (χ4v) is 2.92. The first kappa shape index (κ1) is 7.33. The molecule has 0 aliphatic heterocycles. The van der Waals surface area contributed by atoms with Crippen LogP contribution in [0.5, 0.6) is 0 Å². The molecule has 62 valence electrons. The molecule has 0 N–H and O–H groups in total. The van der Waals surface area contributed by atoms with Gasteiger partial charge in [0.1, 0.15) is 5.78 Å². The van der Waals surface area contributed by atoms with E-state index in [1.165, 1.54) is 6.42 Å². The minimum Gasteiger partial charge on any atom is -0.299 e. The molecule has 0 unspecified atom stereocenters. The highest BCUT2D eigenvalue weighted by atomic mass is 16.1. The van der Waals surface area contributed by atoms with Crippen molar-refractivity contribution in [1.29, 1.82) is 0 Å². The Morgan fingerprint density at radius 3 is 2.27 bits per heavy atom. The number of rotatable bonds is 0. The Hall–Kier alpha value is -0.330. The summed E-state index contributed by atoms with van der Waals surface area (Å²) in [6.07, 6.45) is 3.22. The Labute approximate surface area is 68.2 Å². The van der Waals surface area contributed by atoms with Crippen LogP contribution >= 0.6 is 0 Å². The Kier molecular flexibility index (Phi) is 1.13. The summed E-state index contributed by atoms with van der Waals surface area (Å²) < 4.78 is 0. The second kappa shape index (κ2) is 1.70. The van der Waals surface area contributed by atoms with E-state index in [4.69, 9.17) is 0 Å². The lowest BCUT2D eigenvalue weighted by atomic mass is 9.57. The highest BCUT2D eigenvalue weighted by molar-refractivity contribution is 5.91. The highest BCUT2D eigenvalue weighted by Gasteiger charge is 2.60. The van der Waals surface area contributed by atoms with Gasteiger partial charge < -0.3 is 0 Å². The fourth-order valence-electron chi connectivity index (χ4n) is 2.92. The summed E-state index contributed by atoms with van der Waals surface area (Å²) in [5, 5.41) is 0. The van der Waals surface area contributed by atoms with E-state index < -0.39 is 0 Å². The average Bonchev–Trinajstić information content (AvgIpc) is 2.10. The Morgan fingerprint density at radius 1 is 1.27 bits per heavy atom. The van der Waals surface area contributed by atoms with Gasteiger partial charge in [0.25, 0.3) is 0 Å². The third kappa shape index (κ3) is 0.692. The van der Waals surface area contributed by atoms with Crippen LogP contribution in [0.15, 0.2) is 0 Å². The molecule has 1 heteroatoms. The van der Waals surface area contributed by atoms with Gasteiger partial charge in [0, 0.05) is 11.8 Å². The van der Waals surface area contributed by atoms with Crippen LogP contribution in [0.2, 0.25) is 0 Å². The number of carbonyl (C=O) groups is 1. The largest absolute Gasteiger partial charge is 0.299 e. The molecule has 2 aliphatic carbocycles. The molecule has 2 aliphatic rings. The van der Waals surface area contributed by atoms with E-state index >= 15 is 0 Å². The normalized spacial score (nSPS) is 46.8. The minimum absolute atomic E-state index is 0.0868. The van der Waals surface area contributed by atoms with Crippen molar-refractivity contribution in [2.24, 2.45) is 16.7 Å². The van der Waals surface area contributed by atoms with Gasteiger partial charge in [0.15, 0.2) is 0 Å². The summed E-state index contributed by atoms with van der Waals surface area (Å²) in [6, 6.07) is 0. The first-order valence-corrected chi connectivity index (χ1v) is 4.50. The summed E-state index contributed by atoms with van der Waals surface area (Å²) >= 11 is 0. The number of hydrogen-bond acceptors (Lipinski definition) is 1. The first-order chi connectivity index (χ1) is 4.97. The number of Topliss-reactive ketones (excluding diaryl/α,β-unsaturated/α-hetero) is 1. The second-order valence-corrected chi connectivity index (χ2v) is 5.09. The smallest absolute Gasteiger partial charge is 0.139 e. The SMILES string of the molecule is CC1(C)CC[C@@]2(C)C(=O)C[C@@H]12. The average molecular weight is 152 g/mol. The van der Waals surface area contributed by atoms with Crippen molar-refractivity contribution in [1.82, 2.24) is 0 Å². The van der Waals surface area contributed by atoms with Gasteiger partial charge in [-0.1, -0.05) is 20.8 Å². The molecule has 0 radical (unpaired) electrons. The van der Waals surface area contributed by atoms with Crippen molar-refractivity contribution in [3.05, 3.63) is 0 Å². The van der Waals surface area contributed by atoms with Crippen molar-refractivity contribution in [2.75, 3.05) is 0 Å². The highest BCUT2D eigenvalue weighted by Crippen LogP contribution is 2.62.